The first-order valence-corrected chi connectivity index (χ1v) is 3.27. The Balaban J connectivity index is 5.88. The maximum atomic E-state index is 11.9. The van der Waals surface area contributed by atoms with Crippen LogP contribution in [0.25, 0.3) is 0 Å². The van der Waals surface area contributed by atoms with Gasteiger partial charge in [-0.25, -0.2) is 0 Å². The topological polar surface area (TPSA) is 49.4 Å². The first kappa shape index (κ1) is 15.8. The van der Waals surface area contributed by atoms with Gasteiger partial charge in [0.15, 0.2) is 0 Å². The molecule has 17 heavy (non-hydrogen) atoms. The molecular weight excluding hydrogens is 279 g/mol. The van der Waals surface area contributed by atoms with E-state index in [4.69, 9.17) is 0 Å². The maximum Gasteiger partial charge on any atom is 0.524 e. The number of carbonyl (C=O) groups excluding carboxylic acids is 1. The second-order valence-electron chi connectivity index (χ2n) is 2.51. The number of hydrogen-bond donors (Lipinski definition) is 0. The van der Waals surface area contributed by atoms with Crippen LogP contribution in [0.2, 0.25) is 0 Å². The van der Waals surface area contributed by atoms with Crippen molar-refractivity contribution in [3.63, 3.8) is 0 Å². The molecule has 0 aromatic carbocycles. The molecule has 0 aromatic rings. The second-order valence-corrected chi connectivity index (χ2v) is 2.51. The van der Waals surface area contributed by atoms with Crippen molar-refractivity contribution in [2.75, 3.05) is 0 Å². The number of ether oxygens (including phenoxy) is 1. The molecule has 0 bridgehead atoms. The number of rotatable bonds is 2. The Bertz CT molecular complexity index is 283. The minimum atomic E-state index is -6.90. The Morgan fingerprint density at radius 2 is 1.12 bits per heavy atom. The monoisotopic (exact) mass is 279 g/mol. The number of carboxylic acid groups (broad SMARTS) is 1. The number of aliphatic carboxylic acids is 1. The number of halogens is 9. The van der Waals surface area contributed by atoms with Gasteiger partial charge in [-0.05, 0) is 0 Å². The van der Waals surface area contributed by atoms with Crippen LogP contribution in [0.15, 0.2) is 0 Å². The molecule has 0 fully saturated rings. The van der Waals surface area contributed by atoms with E-state index in [9.17, 15) is 49.4 Å². The van der Waals surface area contributed by atoms with Crippen molar-refractivity contribution in [2.24, 2.45) is 0 Å². The van der Waals surface area contributed by atoms with E-state index in [1.54, 1.807) is 4.74 Å². The van der Waals surface area contributed by atoms with Gasteiger partial charge in [0, 0.05) is 0 Å². The normalized spacial score (nSPS) is 14.9. The van der Waals surface area contributed by atoms with Crippen LogP contribution in [-0.4, -0.2) is 30.3 Å². The van der Waals surface area contributed by atoms with Gasteiger partial charge in [0.25, 0.3) is 0 Å². The molecule has 0 rings (SSSR count). The first-order valence-electron chi connectivity index (χ1n) is 3.27. The average Bonchev–Trinajstić information content (AvgIpc) is 1.92. The van der Waals surface area contributed by atoms with Crippen molar-refractivity contribution in [1.82, 2.24) is 0 Å². The van der Waals surface area contributed by atoms with E-state index >= 15 is 0 Å². The minimum Gasteiger partial charge on any atom is -0.546 e. The highest BCUT2D eigenvalue weighted by Crippen LogP contribution is 2.48. The van der Waals surface area contributed by atoms with Crippen LogP contribution in [0, 0.1) is 0 Å². The van der Waals surface area contributed by atoms with Crippen molar-refractivity contribution in [1.29, 1.82) is 0 Å². The summed E-state index contributed by atoms with van der Waals surface area (Å²) in [5.41, 5.74) is -6.46. The van der Waals surface area contributed by atoms with E-state index in [0.717, 1.165) is 0 Å². The lowest BCUT2D eigenvalue weighted by molar-refractivity contribution is -0.474. The van der Waals surface area contributed by atoms with Crippen LogP contribution in [0.3, 0.4) is 0 Å². The Labute approximate surface area is 85.8 Å². The molecule has 0 aromatic heterocycles. The lowest BCUT2D eigenvalue weighted by atomic mass is 10.0. The summed E-state index contributed by atoms with van der Waals surface area (Å²) in [6.45, 7) is 0. The molecule has 0 aliphatic carbocycles. The van der Waals surface area contributed by atoms with Gasteiger partial charge in [0.05, 0.1) is 5.97 Å². The van der Waals surface area contributed by atoms with Crippen molar-refractivity contribution in [2.45, 2.75) is 24.3 Å². The zero-order valence-electron chi connectivity index (χ0n) is 7.13. The number of alkyl halides is 9. The molecule has 0 unspecified atom stereocenters. The molecule has 12 heteroatoms. The third-order valence-corrected chi connectivity index (χ3v) is 1.35. The molecule has 0 spiro atoms. The predicted octanol–water partition coefficient (Wildman–Crippen LogP) is 1.14. The van der Waals surface area contributed by atoms with E-state index in [1.165, 1.54) is 0 Å². The Kier molecular flexibility index (Phi) is 3.65. The van der Waals surface area contributed by atoms with E-state index in [0.29, 0.717) is 0 Å². The molecule has 0 saturated heterocycles. The van der Waals surface area contributed by atoms with Crippen LogP contribution in [0.5, 0.6) is 0 Å². The molecule has 102 valence electrons. The van der Waals surface area contributed by atoms with Crippen molar-refractivity contribution in [3.05, 3.63) is 0 Å². The van der Waals surface area contributed by atoms with Crippen LogP contribution >= 0.6 is 0 Å². The van der Waals surface area contributed by atoms with Gasteiger partial charge in [0.1, 0.15) is 0 Å². The molecular formula is C5F9O3-. The summed E-state index contributed by atoms with van der Waals surface area (Å²) in [6.07, 6.45) is -20.3. The van der Waals surface area contributed by atoms with Gasteiger partial charge in [-0.3, -0.25) is 4.74 Å². The molecule has 0 N–H and O–H groups in total. The van der Waals surface area contributed by atoms with Crippen molar-refractivity contribution >= 4 is 5.97 Å². The second kappa shape index (κ2) is 3.92. The highest BCUT2D eigenvalue weighted by molar-refractivity contribution is 5.78. The fourth-order valence-electron chi connectivity index (χ4n) is 0.723. The summed E-state index contributed by atoms with van der Waals surface area (Å²) in [5.74, 6) is -4.12. The standard InChI is InChI=1S/C5HF9O3/c6-3(7,8)2(1(15)16,4(9,10)11)17-5(12,13)14/h(H,15,16)/p-1. The smallest absolute Gasteiger partial charge is 0.524 e. The van der Waals surface area contributed by atoms with Crippen LogP contribution in [0.1, 0.15) is 0 Å². The Hall–Kier alpha value is -1.20. The summed E-state index contributed by atoms with van der Waals surface area (Å²) in [6, 6.07) is 0. The molecule has 0 amide bonds. The van der Waals surface area contributed by atoms with Crippen LogP contribution in [-0.2, 0) is 9.53 Å². The number of hydrogen-bond acceptors (Lipinski definition) is 3. The van der Waals surface area contributed by atoms with Gasteiger partial charge in [-0.15, -0.1) is 13.2 Å². The lowest BCUT2D eigenvalue weighted by Crippen LogP contribution is -2.69. The first-order chi connectivity index (χ1) is 7.15. The Morgan fingerprint density at radius 3 is 1.18 bits per heavy atom. The summed E-state index contributed by atoms with van der Waals surface area (Å²) >= 11 is 0. The van der Waals surface area contributed by atoms with Gasteiger partial charge < -0.3 is 9.90 Å². The van der Waals surface area contributed by atoms with Crippen LogP contribution < -0.4 is 5.11 Å². The quantitative estimate of drug-likeness (QED) is 0.712. The third kappa shape index (κ3) is 2.92. The van der Waals surface area contributed by atoms with Gasteiger partial charge >= 0.3 is 24.3 Å². The molecule has 0 heterocycles. The van der Waals surface area contributed by atoms with Gasteiger partial charge in [0.2, 0.25) is 0 Å². The predicted molar refractivity (Wildman–Crippen MR) is 27.0 cm³/mol. The lowest BCUT2D eigenvalue weighted by Gasteiger charge is -2.37. The molecule has 0 radical (unpaired) electrons. The average molecular weight is 279 g/mol. The Morgan fingerprint density at radius 1 is 0.824 bits per heavy atom. The molecule has 3 nitrogen and oxygen atoms in total. The summed E-state index contributed by atoms with van der Waals surface area (Å²) in [7, 11) is 0. The zero-order chi connectivity index (χ0) is 14.3. The summed E-state index contributed by atoms with van der Waals surface area (Å²) in [5, 5.41) is 9.82. The fraction of sp³-hybridized carbons (Fsp3) is 0.800. The molecule has 0 saturated carbocycles. The third-order valence-electron chi connectivity index (χ3n) is 1.35. The molecule has 0 aliphatic heterocycles. The van der Waals surface area contributed by atoms with E-state index in [-0.39, 0.29) is 0 Å². The van der Waals surface area contributed by atoms with Gasteiger partial charge in [-0.2, -0.15) is 26.3 Å². The largest absolute Gasteiger partial charge is 0.546 e. The van der Waals surface area contributed by atoms with Gasteiger partial charge in [-0.1, -0.05) is 0 Å². The highest BCUT2D eigenvalue weighted by Gasteiger charge is 2.76. The number of carbonyl (C=O) groups is 1. The highest BCUT2D eigenvalue weighted by atomic mass is 19.4. The summed E-state index contributed by atoms with van der Waals surface area (Å²) in [4.78, 5) is 9.82. The number of carboxylic acids is 1. The maximum absolute atomic E-state index is 11.9. The van der Waals surface area contributed by atoms with Crippen LogP contribution in [0.4, 0.5) is 39.5 Å². The van der Waals surface area contributed by atoms with Crippen molar-refractivity contribution < 1.29 is 54.2 Å². The zero-order valence-corrected chi connectivity index (χ0v) is 7.13. The molecule has 0 atom stereocenters. The molecule has 0 aliphatic rings. The SMILES string of the molecule is O=C([O-])C(OC(F)(F)F)(C(F)(F)F)C(F)(F)F. The van der Waals surface area contributed by atoms with E-state index < -0.39 is 30.3 Å². The van der Waals surface area contributed by atoms with Crippen molar-refractivity contribution in [3.8, 4) is 0 Å². The van der Waals surface area contributed by atoms with E-state index in [2.05, 4.69) is 0 Å². The minimum absolute atomic E-state index is 1.70. The van der Waals surface area contributed by atoms with E-state index in [1.807, 2.05) is 0 Å². The fourth-order valence-corrected chi connectivity index (χ4v) is 0.723. The summed E-state index contributed by atoms with van der Waals surface area (Å²) < 4.78 is 107.